The van der Waals surface area contributed by atoms with Crippen LogP contribution in [-0.2, 0) is 9.53 Å². The summed E-state index contributed by atoms with van der Waals surface area (Å²) in [6.07, 6.45) is -0.943. The molecule has 0 unspecified atom stereocenters. The second-order valence-corrected chi connectivity index (χ2v) is 5.70. The molecule has 0 radical (unpaired) electrons. The molecule has 0 saturated carbocycles. The third-order valence-electron chi connectivity index (χ3n) is 3.67. The Bertz CT molecular complexity index is 770. The van der Waals surface area contributed by atoms with Crippen molar-refractivity contribution >= 4 is 17.6 Å². The van der Waals surface area contributed by atoms with Crippen molar-refractivity contribution in [3.63, 3.8) is 0 Å². The molecule has 26 heavy (non-hydrogen) atoms. The van der Waals surface area contributed by atoms with Gasteiger partial charge in [-0.15, -0.1) is 0 Å². The molecule has 0 fully saturated rings. The first-order valence-electron chi connectivity index (χ1n) is 8.34. The summed E-state index contributed by atoms with van der Waals surface area (Å²) in [6.45, 7) is 5.75. The van der Waals surface area contributed by atoms with E-state index >= 15 is 0 Å². The number of hydrogen-bond acceptors (Lipinski definition) is 5. The Kier molecular flexibility index (Phi) is 6.60. The molecule has 0 aromatic heterocycles. The predicted octanol–water partition coefficient (Wildman–Crippen LogP) is 3.59. The van der Waals surface area contributed by atoms with Crippen molar-refractivity contribution in [1.82, 2.24) is 0 Å². The lowest BCUT2D eigenvalue weighted by Gasteiger charge is -2.15. The van der Waals surface area contributed by atoms with Crippen molar-refractivity contribution in [2.75, 3.05) is 19.0 Å². The van der Waals surface area contributed by atoms with Crippen LogP contribution in [0.1, 0.15) is 29.8 Å². The third kappa shape index (κ3) is 4.99. The summed E-state index contributed by atoms with van der Waals surface area (Å²) < 4.78 is 15.9. The van der Waals surface area contributed by atoms with E-state index in [1.165, 1.54) is 20.1 Å². The number of carbonyl (C=O) groups excluding carboxylic acids is 2. The molecular formula is C20H23NO5. The van der Waals surface area contributed by atoms with Crippen LogP contribution in [0.3, 0.4) is 0 Å². The highest BCUT2D eigenvalue weighted by atomic mass is 16.5. The van der Waals surface area contributed by atoms with Crippen LogP contribution in [-0.4, -0.2) is 31.7 Å². The van der Waals surface area contributed by atoms with Gasteiger partial charge >= 0.3 is 5.97 Å². The minimum Gasteiger partial charge on any atom is -0.493 e. The molecule has 6 nitrogen and oxygen atoms in total. The Labute approximate surface area is 153 Å². The molecular weight excluding hydrogens is 334 g/mol. The summed E-state index contributed by atoms with van der Waals surface area (Å²) >= 11 is 0. The van der Waals surface area contributed by atoms with E-state index in [0.717, 1.165) is 5.56 Å². The molecule has 0 saturated heterocycles. The zero-order chi connectivity index (χ0) is 19.1. The highest BCUT2D eigenvalue weighted by Crippen LogP contribution is 2.28. The van der Waals surface area contributed by atoms with Gasteiger partial charge in [0.1, 0.15) is 0 Å². The predicted molar refractivity (Wildman–Crippen MR) is 98.8 cm³/mol. The van der Waals surface area contributed by atoms with Gasteiger partial charge in [-0.1, -0.05) is 17.7 Å². The average Bonchev–Trinajstić information content (AvgIpc) is 2.63. The van der Waals surface area contributed by atoms with E-state index < -0.39 is 18.0 Å². The molecule has 2 aromatic carbocycles. The number of rotatable bonds is 7. The highest BCUT2D eigenvalue weighted by Gasteiger charge is 2.20. The smallest absolute Gasteiger partial charge is 0.339 e. The molecule has 0 spiro atoms. The van der Waals surface area contributed by atoms with Crippen molar-refractivity contribution in [3.05, 3.63) is 53.6 Å². The molecule has 0 aliphatic carbocycles. The van der Waals surface area contributed by atoms with Crippen LogP contribution in [0, 0.1) is 6.92 Å². The van der Waals surface area contributed by atoms with Gasteiger partial charge in [0.15, 0.2) is 17.6 Å². The molecule has 0 heterocycles. The third-order valence-corrected chi connectivity index (χ3v) is 3.67. The normalized spacial score (nSPS) is 11.4. The van der Waals surface area contributed by atoms with Gasteiger partial charge in [-0.05, 0) is 51.1 Å². The van der Waals surface area contributed by atoms with E-state index in [1.807, 2.05) is 26.0 Å². The van der Waals surface area contributed by atoms with Crippen molar-refractivity contribution < 1.29 is 23.8 Å². The Morgan fingerprint density at radius 1 is 1.08 bits per heavy atom. The first-order valence-corrected chi connectivity index (χ1v) is 8.34. The number of nitrogens with one attached hydrogen (secondary N) is 1. The average molecular weight is 357 g/mol. The van der Waals surface area contributed by atoms with Crippen LogP contribution >= 0.6 is 0 Å². The van der Waals surface area contributed by atoms with E-state index in [0.29, 0.717) is 23.8 Å². The maximum absolute atomic E-state index is 12.3. The van der Waals surface area contributed by atoms with Gasteiger partial charge in [0.2, 0.25) is 0 Å². The second-order valence-electron chi connectivity index (χ2n) is 5.70. The molecule has 1 amide bonds. The summed E-state index contributed by atoms with van der Waals surface area (Å²) in [5, 5.41) is 2.71. The molecule has 2 rings (SSSR count). The summed E-state index contributed by atoms with van der Waals surface area (Å²) in [4.78, 5) is 24.5. The summed E-state index contributed by atoms with van der Waals surface area (Å²) in [5.41, 5.74) is 2.02. The SMILES string of the molecule is CCOc1cc(C(=O)O[C@@H](C)C(=O)Nc2ccc(C)cc2)ccc1OC. The van der Waals surface area contributed by atoms with Crippen molar-refractivity contribution in [2.24, 2.45) is 0 Å². The number of carbonyl (C=O) groups is 2. The van der Waals surface area contributed by atoms with E-state index in [-0.39, 0.29) is 5.56 Å². The maximum atomic E-state index is 12.3. The summed E-state index contributed by atoms with van der Waals surface area (Å²) in [5.74, 6) is -0.0457. The lowest BCUT2D eigenvalue weighted by Crippen LogP contribution is -2.30. The zero-order valence-corrected chi connectivity index (χ0v) is 15.4. The Balaban J connectivity index is 2.02. The fraction of sp³-hybridized carbons (Fsp3) is 0.300. The van der Waals surface area contributed by atoms with Crippen molar-refractivity contribution in [2.45, 2.75) is 26.9 Å². The monoisotopic (exact) mass is 357 g/mol. The number of ether oxygens (including phenoxy) is 3. The first-order chi connectivity index (χ1) is 12.4. The minimum absolute atomic E-state index is 0.282. The van der Waals surface area contributed by atoms with Gasteiger partial charge in [-0.2, -0.15) is 0 Å². The Morgan fingerprint density at radius 2 is 1.77 bits per heavy atom. The van der Waals surface area contributed by atoms with Crippen LogP contribution in [0.4, 0.5) is 5.69 Å². The van der Waals surface area contributed by atoms with Crippen LogP contribution in [0.25, 0.3) is 0 Å². The Hall–Kier alpha value is -3.02. The Morgan fingerprint density at radius 3 is 2.38 bits per heavy atom. The van der Waals surface area contributed by atoms with Crippen LogP contribution < -0.4 is 14.8 Å². The lowest BCUT2D eigenvalue weighted by atomic mass is 10.2. The first kappa shape index (κ1) is 19.3. The highest BCUT2D eigenvalue weighted by molar-refractivity contribution is 5.97. The van der Waals surface area contributed by atoms with Gasteiger partial charge in [0.05, 0.1) is 19.3 Å². The fourth-order valence-corrected chi connectivity index (χ4v) is 2.23. The second kappa shape index (κ2) is 8.89. The van der Waals surface area contributed by atoms with Gasteiger partial charge in [-0.25, -0.2) is 4.79 Å². The number of methoxy groups -OCH3 is 1. The molecule has 138 valence electrons. The molecule has 0 bridgehead atoms. The van der Waals surface area contributed by atoms with Gasteiger partial charge < -0.3 is 19.5 Å². The number of anilines is 1. The summed E-state index contributed by atoms with van der Waals surface area (Å²) in [6, 6.07) is 12.1. The van der Waals surface area contributed by atoms with Gasteiger partial charge in [0, 0.05) is 5.69 Å². The van der Waals surface area contributed by atoms with E-state index in [2.05, 4.69) is 5.32 Å². The molecule has 1 atom stereocenters. The number of amides is 1. The number of esters is 1. The topological polar surface area (TPSA) is 73.9 Å². The minimum atomic E-state index is -0.943. The molecule has 2 aromatic rings. The summed E-state index contributed by atoms with van der Waals surface area (Å²) in [7, 11) is 1.52. The molecule has 6 heteroatoms. The molecule has 0 aliphatic heterocycles. The largest absolute Gasteiger partial charge is 0.493 e. The quantitative estimate of drug-likeness (QED) is 0.767. The standard InChI is InChI=1S/C20H23NO5/c1-5-25-18-12-15(8-11-17(18)24-4)20(23)26-14(3)19(22)21-16-9-6-13(2)7-10-16/h6-12,14H,5H2,1-4H3,(H,21,22)/t14-/m0/s1. The van der Waals surface area contributed by atoms with E-state index in [9.17, 15) is 9.59 Å². The van der Waals surface area contributed by atoms with Gasteiger partial charge in [-0.3, -0.25) is 4.79 Å². The lowest BCUT2D eigenvalue weighted by molar-refractivity contribution is -0.123. The van der Waals surface area contributed by atoms with E-state index in [1.54, 1.807) is 24.3 Å². The van der Waals surface area contributed by atoms with Gasteiger partial charge in [0.25, 0.3) is 5.91 Å². The van der Waals surface area contributed by atoms with Crippen molar-refractivity contribution in [1.29, 1.82) is 0 Å². The maximum Gasteiger partial charge on any atom is 0.339 e. The van der Waals surface area contributed by atoms with E-state index in [4.69, 9.17) is 14.2 Å². The molecule has 1 N–H and O–H groups in total. The molecule has 0 aliphatic rings. The number of benzene rings is 2. The zero-order valence-electron chi connectivity index (χ0n) is 15.4. The van der Waals surface area contributed by atoms with Crippen molar-refractivity contribution in [3.8, 4) is 11.5 Å². The fourth-order valence-electron chi connectivity index (χ4n) is 2.23. The van der Waals surface area contributed by atoms with Crippen LogP contribution in [0.15, 0.2) is 42.5 Å². The number of hydrogen-bond donors (Lipinski definition) is 1. The van der Waals surface area contributed by atoms with Crippen LogP contribution in [0.5, 0.6) is 11.5 Å². The number of aryl methyl sites for hydroxylation is 1. The van der Waals surface area contributed by atoms with Crippen LogP contribution in [0.2, 0.25) is 0 Å².